The van der Waals surface area contributed by atoms with Gasteiger partial charge >= 0.3 is 8.80 Å². The van der Waals surface area contributed by atoms with Crippen LogP contribution in [0, 0.1) is 0 Å². The lowest BCUT2D eigenvalue weighted by Crippen LogP contribution is -2.42. The van der Waals surface area contributed by atoms with E-state index < -0.39 is 17.1 Å². The van der Waals surface area contributed by atoms with Crippen molar-refractivity contribution in [3.05, 3.63) is 0 Å². The molecule has 6 heteroatoms. The van der Waals surface area contributed by atoms with Crippen LogP contribution in [0.5, 0.6) is 0 Å². The molecule has 0 aromatic rings. The van der Waals surface area contributed by atoms with Gasteiger partial charge in [-0.05, 0) is 31.5 Å². The smallest absolute Gasteiger partial charge is 0.417 e. The van der Waals surface area contributed by atoms with Crippen molar-refractivity contribution in [3.8, 4) is 0 Å². The molecule has 1 saturated heterocycles. The van der Waals surface area contributed by atoms with Gasteiger partial charge in [0, 0.05) is 34.0 Å². The topological polar surface area (TPSA) is 36.9 Å². The Balaban J connectivity index is 0. The quantitative estimate of drug-likeness (QED) is 0.314. The third-order valence-corrected chi connectivity index (χ3v) is 11.5. The van der Waals surface area contributed by atoms with Crippen LogP contribution in [0.1, 0.15) is 66.2 Å². The monoisotopic (exact) mass is 380 g/mol. The molecule has 1 unspecified atom stereocenters. The molecule has 1 heterocycles. The molecule has 4 nitrogen and oxygen atoms in total. The van der Waals surface area contributed by atoms with E-state index >= 15 is 0 Å². The summed E-state index contributed by atoms with van der Waals surface area (Å²) in [5.41, 5.74) is 0. The van der Waals surface area contributed by atoms with Crippen molar-refractivity contribution >= 4 is 17.1 Å². The second-order valence-corrected chi connectivity index (χ2v) is 14.0. The molecule has 1 atom stereocenters. The number of hydrogen-bond donors (Lipinski definition) is 0. The highest BCUT2D eigenvalue weighted by atomic mass is 28.4. The number of rotatable bonds is 12. The van der Waals surface area contributed by atoms with Gasteiger partial charge in [-0.15, -0.1) is 0 Å². The largest absolute Gasteiger partial charge is 0.500 e. The van der Waals surface area contributed by atoms with Crippen molar-refractivity contribution in [1.29, 1.82) is 0 Å². The zero-order valence-electron chi connectivity index (χ0n) is 15.1. The fraction of sp³-hybridized carbons (Fsp3) is 1.00. The van der Waals surface area contributed by atoms with E-state index in [1.807, 2.05) is 0 Å². The normalized spacial score (nSPS) is 21.0. The van der Waals surface area contributed by atoms with Crippen LogP contribution in [-0.4, -0.2) is 45.1 Å². The third kappa shape index (κ3) is 9.68. The Morgan fingerprint density at radius 1 is 0.833 bits per heavy atom. The van der Waals surface area contributed by atoms with Crippen LogP contribution >= 0.6 is 0 Å². The van der Waals surface area contributed by atoms with Crippen LogP contribution in [0.25, 0.3) is 0 Å². The standard InChI is InChI=1S/C16H36O4Si2.2CH4/c1-17-22(18-2,19-3)16-11-8-6-5-7-10-14-21(4)15-12-9-13-20-21;;/h5-16H2,1-4H3;2*1H4. The van der Waals surface area contributed by atoms with Gasteiger partial charge in [0.25, 0.3) is 0 Å². The molecule has 1 rings (SSSR count). The zero-order chi connectivity index (χ0) is 16.3. The number of unbranched alkanes of at least 4 members (excludes halogenated alkanes) is 5. The first-order valence-electron chi connectivity index (χ1n) is 8.89. The summed E-state index contributed by atoms with van der Waals surface area (Å²) in [6, 6.07) is 3.67. The lowest BCUT2D eigenvalue weighted by molar-refractivity contribution is 0.122. The van der Waals surface area contributed by atoms with Crippen LogP contribution < -0.4 is 0 Å². The van der Waals surface area contributed by atoms with Crippen LogP contribution in [0.2, 0.25) is 24.7 Å². The van der Waals surface area contributed by atoms with Crippen LogP contribution in [0.4, 0.5) is 0 Å². The molecule has 0 saturated carbocycles. The number of hydrogen-bond acceptors (Lipinski definition) is 4. The maximum Gasteiger partial charge on any atom is 0.500 e. The van der Waals surface area contributed by atoms with Crippen molar-refractivity contribution in [1.82, 2.24) is 0 Å². The van der Waals surface area contributed by atoms with Gasteiger partial charge in [0.1, 0.15) is 0 Å². The van der Waals surface area contributed by atoms with E-state index in [9.17, 15) is 0 Å². The van der Waals surface area contributed by atoms with Crippen molar-refractivity contribution < 1.29 is 17.7 Å². The van der Waals surface area contributed by atoms with Crippen LogP contribution in [-0.2, 0) is 17.7 Å². The summed E-state index contributed by atoms with van der Waals surface area (Å²) < 4.78 is 22.4. The summed E-state index contributed by atoms with van der Waals surface area (Å²) in [7, 11) is 1.44. The summed E-state index contributed by atoms with van der Waals surface area (Å²) in [5.74, 6) is 0. The van der Waals surface area contributed by atoms with Crippen molar-refractivity contribution in [2.45, 2.75) is 90.9 Å². The molecule has 0 bridgehead atoms. The highest BCUT2D eigenvalue weighted by Crippen LogP contribution is 2.27. The first-order chi connectivity index (χ1) is 10.6. The molecule has 24 heavy (non-hydrogen) atoms. The molecule has 0 N–H and O–H groups in total. The first-order valence-corrected chi connectivity index (χ1v) is 13.6. The molecular weight excluding hydrogens is 336 g/mol. The highest BCUT2D eigenvalue weighted by Gasteiger charge is 2.36. The van der Waals surface area contributed by atoms with Gasteiger partial charge in [-0.1, -0.05) is 53.4 Å². The van der Waals surface area contributed by atoms with Gasteiger partial charge < -0.3 is 17.7 Å². The van der Waals surface area contributed by atoms with Crippen molar-refractivity contribution in [3.63, 3.8) is 0 Å². The van der Waals surface area contributed by atoms with E-state index in [1.165, 1.54) is 57.0 Å². The fourth-order valence-corrected chi connectivity index (χ4v) is 8.26. The van der Waals surface area contributed by atoms with Crippen molar-refractivity contribution in [2.75, 3.05) is 27.9 Å². The molecule has 1 aliphatic rings. The van der Waals surface area contributed by atoms with Gasteiger partial charge in [0.15, 0.2) is 8.32 Å². The summed E-state index contributed by atoms with van der Waals surface area (Å²) in [6.07, 6.45) is 10.4. The highest BCUT2D eigenvalue weighted by molar-refractivity contribution is 6.72. The second-order valence-electron chi connectivity index (χ2n) is 6.67. The Kier molecular flexibility index (Phi) is 15.9. The third-order valence-electron chi connectivity index (χ3n) is 4.92. The van der Waals surface area contributed by atoms with Gasteiger partial charge in [-0.2, -0.15) is 0 Å². The molecule has 0 aromatic carbocycles. The molecular formula is C18H44O4Si2. The Bertz CT molecular complexity index is 272. The van der Waals surface area contributed by atoms with Gasteiger partial charge in [-0.25, -0.2) is 0 Å². The minimum atomic E-state index is -2.34. The molecule has 0 radical (unpaired) electrons. The van der Waals surface area contributed by atoms with Crippen LogP contribution in [0.15, 0.2) is 0 Å². The average Bonchev–Trinajstić information content (AvgIpc) is 2.55. The van der Waals surface area contributed by atoms with Gasteiger partial charge in [0.2, 0.25) is 0 Å². The summed E-state index contributed by atoms with van der Waals surface area (Å²) >= 11 is 0. The predicted octanol–water partition coefficient (Wildman–Crippen LogP) is 5.86. The summed E-state index contributed by atoms with van der Waals surface area (Å²) in [6.45, 7) is 3.45. The molecule has 0 spiro atoms. The Morgan fingerprint density at radius 3 is 1.88 bits per heavy atom. The maximum absolute atomic E-state index is 6.09. The van der Waals surface area contributed by atoms with E-state index in [0.29, 0.717) is 0 Å². The fourth-order valence-electron chi connectivity index (χ4n) is 3.29. The molecule has 148 valence electrons. The molecule has 0 aliphatic carbocycles. The lowest BCUT2D eigenvalue weighted by atomic mass is 10.1. The molecule has 0 aromatic heterocycles. The lowest BCUT2D eigenvalue weighted by Gasteiger charge is -2.31. The van der Waals surface area contributed by atoms with E-state index in [1.54, 1.807) is 21.3 Å². The predicted molar refractivity (Wildman–Crippen MR) is 109 cm³/mol. The Hall–Kier alpha value is 0.274. The van der Waals surface area contributed by atoms with E-state index in [2.05, 4.69) is 6.55 Å². The molecule has 1 aliphatic heterocycles. The van der Waals surface area contributed by atoms with E-state index in [4.69, 9.17) is 17.7 Å². The Morgan fingerprint density at radius 2 is 1.38 bits per heavy atom. The van der Waals surface area contributed by atoms with Gasteiger partial charge in [0.05, 0.1) is 0 Å². The van der Waals surface area contributed by atoms with Gasteiger partial charge in [-0.3, -0.25) is 0 Å². The summed E-state index contributed by atoms with van der Waals surface area (Å²) in [4.78, 5) is 0. The first kappa shape index (κ1) is 26.5. The van der Waals surface area contributed by atoms with E-state index in [-0.39, 0.29) is 14.9 Å². The van der Waals surface area contributed by atoms with Crippen LogP contribution in [0.3, 0.4) is 0 Å². The van der Waals surface area contributed by atoms with Crippen molar-refractivity contribution in [2.24, 2.45) is 0 Å². The second kappa shape index (κ2) is 14.4. The summed E-state index contributed by atoms with van der Waals surface area (Å²) in [5, 5.41) is 0. The van der Waals surface area contributed by atoms with E-state index in [0.717, 1.165) is 19.1 Å². The minimum absolute atomic E-state index is 0. The molecule has 1 fully saturated rings. The molecule has 0 amide bonds. The SMILES string of the molecule is C.C.CO[Si](CCCCCCCC[Si]1(C)CCCCO1)(OC)OC. The minimum Gasteiger partial charge on any atom is -0.417 e. The average molecular weight is 381 g/mol. The Labute approximate surface area is 154 Å². The zero-order valence-corrected chi connectivity index (χ0v) is 17.1. The maximum atomic E-state index is 6.09.